The lowest BCUT2D eigenvalue weighted by Gasteiger charge is -2.29. The van der Waals surface area contributed by atoms with Crippen LogP contribution in [-0.2, 0) is 16.1 Å². The average Bonchev–Trinajstić information content (AvgIpc) is 2.72. The van der Waals surface area contributed by atoms with Crippen LogP contribution in [0.1, 0.15) is 37.0 Å². The van der Waals surface area contributed by atoms with Crippen molar-refractivity contribution in [3.05, 3.63) is 63.1 Å². The van der Waals surface area contributed by atoms with E-state index >= 15 is 0 Å². The van der Waals surface area contributed by atoms with Crippen LogP contribution in [0.15, 0.2) is 36.4 Å². The van der Waals surface area contributed by atoms with Crippen molar-refractivity contribution in [3.63, 3.8) is 0 Å². The number of nitrogens with zero attached hydrogens (tertiary/aromatic N) is 1. The largest absolute Gasteiger partial charge is 0.484 e. The zero-order valence-electron chi connectivity index (χ0n) is 17.8. The molecule has 0 aliphatic carbocycles. The van der Waals surface area contributed by atoms with Crippen molar-refractivity contribution < 1.29 is 14.3 Å². The number of benzene rings is 2. The van der Waals surface area contributed by atoms with Gasteiger partial charge in [-0.25, -0.2) is 0 Å². The summed E-state index contributed by atoms with van der Waals surface area (Å²) in [6.07, 6.45) is 0.815. The molecule has 30 heavy (non-hydrogen) atoms. The molecule has 1 N–H and O–H groups in total. The van der Waals surface area contributed by atoms with Gasteiger partial charge < -0.3 is 15.0 Å². The van der Waals surface area contributed by atoms with Crippen LogP contribution in [0, 0.1) is 13.8 Å². The molecular weight excluding hydrogens is 423 g/mol. The van der Waals surface area contributed by atoms with Crippen LogP contribution in [0.3, 0.4) is 0 Å². The fourth-order valence-electron chi connectivity index (χ4n) is 2.84. The van der Waals surface area contributed by atoms with E-state index in [1.807, 2.05) is 39.0 Å². The average molecular weight is 451 g/mol. The van der Waals surface area contributed by atoms with Crippen LogP contribution >= 0.6 is 23.2 Å². The zero-order chi connectivity index (χ0) is 22.3. The molecule has 0 heterocycles. The second-order valence-corrected chi connectivity index (χ2v) is 8.09. The van der Waals surface area contributed by atoms with Crippen molar-refractivity contribution >= 4 is 35.0 Å². The number of rotatable bonds is 9. The van der Waals surface area contributed by atoms with Crippen molar-refractivity contribution in [1.29, 1.82) is 0 Å². The Hall–Kier alpha value is -2.24. The van der Waals surface area contributed by atoms with Gasteiger partial charge in [0, 0.05) is 13.1 Å². The van der Waals surface area contributed by atoms with Crippen molar-refractivity contribution in [2.75, 3.05) is 13.2 Å². The lowest BCUT2D eigenvalue weighted by Crippen LogP contribution is -2.49. The summed E-state index contributed by atoms with van der Waals surface area (Å²) in [5.41, 5.74) is 3.01. The van der Waals surface area contributed by atoms with E-state index in [2.05, 4.69) is 5.32 Å². The van der Waals surface area contributed by atoms with Gasteiger partial charge in [0.25, 0.3) is 5.91 Å². The zero-order valence-corrected chi connectivity index (χ0v) is 19.3. The van der Waals surface area contributed by atoms with E-state index in [1.54, 1.807) is 25.1 Å². The summed E-state index contributed by atoms with van der Waals surface area (Å²) in [4.78, 5) is 27.0. The minimum absolute atomic E-state index is 0.171. The Balaban J connectivity index is 2.17. The first-order chi connectivity index (χ1) is 14.2. The van der Waals surface area contributed by atoms with Crippen LogP contribution in [0.2, 0.25) is 10.0 Å². The van der Waals surface area contributed by atoms with Gasteiger partial charge in [0.15, 0.2) is 6.61 Å². The van der Waals surface area contributed by atoms with Crippen molar-refractivity contribution in [1.82, 2.24) is 10.2 Å². The Kier molecular flexibility index (Phi) is 9.00. The molecule has 7 heteroatoms. The molecule has 0 aliphatic rings. The van der Waals surface area contributed by atoms with Crippen molar-refractivity contribution in [3.8, 4) is 5.75 Å². The van der Waals surface area contributed by atoms with E-state index in [9.17, 15) is 9.59 Å². The molecule has 2 amide bonds. The molecule has 0 saturated heterocycles. The summed E-state index contributed by atoms with van der Waals surface area (Å²) in [7, 11) is 0. The highest BCUT2D eigenvalue weighted by molar-refractivity contribution is 6.42. The Bertz CT molecular complexity index is 902. The molecule has 5 nitrogen and oxygen atoms in total. The molecule has 0 fully saturated rings. The SMILES string of the molecule is CCCNC(=O)C(C)N(Cc1ccc(Cl)c(Cl)c1)C(=O)COc1ccc(C)c(C)c1. The number of ether oxygens (including phenoxy) is 1. The van der Waals surface area contributed by atoms with Gasteiger partial charge >= 0.3 is 0 Å². The third kappa shape index (κ3) is 6.64. The van der Waals surface area contributed by atoms with E-state index in [4.69, 9.17) is 27.9 Å². The molecule has 2 rings (SSSR count). The number of carbonyl (C=O) groups is 2. The van der Waals surface area contributed by atoms with E-state index in [-0.39, 0.29) is 25.0 Å². The minimum atomic E-state index is -0.665. The molecule has 0 aliphatic heterocycles. The fraction of sp³-hybridized carbons (Fsp3) is 0.391. The van der Waals surface area contributed by atoms with Gasteiger partial charge in [0.1, 0.15) is 11.8 Å². The molecule has 0 radical (unpaired) electrons. The van der Waals surface area contributed by atoms with Gasteiger partial charge in [-0.1, -0.05) is 42.3 Å². The monoisotopic (exact) mass is 450 g/mol. The maximum Gasteiger partial charge on any atom is 0.261 e. The number of amides is 2. The first-order valence-electron chi connectivity index (χ1n) is 9.94. The number of nitrogens with one attached hydrogen (secondary N) is 1. The molecule has 0 saturated carbocycles. The van der Waals surface area contributed by atoms with Gasteiger partial charge in [-0.15, -0.1) is 0 Å². The van der Waals surface area contributed by atoms with Crippen LogP contribution in [0.25, 0.3) is 0 Å². The molecule has 0 aromatic heterocycles. The van der Waals surface area contributed by atoms with Gasteiger partial charge in [0.2, 0.25) is 5.91 Å². The van der Waals surface area contributed by atoms with Crippen molar-refractivity contribution in [2.24, 2.45) is 0 Å². The molecule has 2 aromatic rings. The van der Waals surface area contributed by atoms with Crippen LogP contribution in [-0.4, -0.2) is 35.9 Å². The maximum atomic E-state index is 13.0. The summed E-state index contributed by atoms with van der Waals surface area (Å²) >= 11 is 12.1. The van der Waals surface area contributed by atoms with Crippen LogP contribution in [0.5, 0.6) is 5.75 Å². The summed E-state index contributed by atoms with van der Waals surface area (Å²) in [6, 6.07) is 10.2. The Labute approximate surface area is 188 Å². The fourth-order valence-corrected chi connectivity index (χ4v) is 3.17. The maximum absolute atomic E-state index is 13.0. The Morgan fingerprint density at radius 2 is 1.80 bits per heavy atom. The third-order valence-electron chi connectivity index (χ3n) is 4.89. The highest BCUT2D eigenvalue weighted by Gasteiger charge is 2.26. The van der Waals surface area contributed by atoms with Gasteiger partial charge in [-0.3, -0.25) is 9.59 Å². The lowest BCUT2D eigenvalue weighted by atomic mass is 10.1. The second kappa shape index (κ2) is 11.2. The second-order valence-electron chi connectivity index (χ2n) is 7.27. The topological polar surface area (TPSA) is 58.6 Å². The van der Waals surface area contributed by atoms with Gasteiger partial charge in [-0.2, -0.15) is 0 Å². The first kappa shape index (κ1) is 24.0. The van der Waals surface area contributed by atoms with Gasteiger partial charge in [-0.05, 0) is 68.1 Å². The summed E-state index contributed by atoms with van der Waals surface area (Å²) < 4.78 is 5.71. The molecule has 0 bridgehead atoms. The normalized spacial score (nSPS) is 11.7. The summed E-state index contributed by atoms with van der Waals surface area (Å²) in [6.45, 7) is 8.27. The van der Waals surface area contributed by atoms with E-state index in [0.29, 0.717) is 22.3 Å². The predicted octanol–water partition coefficient (Wildman–Crippen LogP) is 4.93. The molecule has 1 atom stereocenters. The highest BCUT2D eigenvalue weighted by atomic mass is 35.5. The Morgan fingerprint density at radius 1 is 1.07 bits per heavy atom. The lowest BCUT2D eigenvalue weighted by molar-refractivity contribution is -0.142. The van der Waals surface area contributed by atoms with Crippen molar-refractivity contribution in [2.45, 2.75) is 46.7 Å². The number of hydrogen-bond acceptors (Lipinski definition) is 3. The van der Waals surface area contributed by atoms with E-state index in [1.165, 1.54) is 4.90 Å². The summed E-state index contributed by atoms with van der Waals surface area (Å²) in [5, 5.41) is 3.67. The van der Waals surface area contributed by atoms with Crippen LogP contribution in [0.4, 0.5) is 0 Å². The van der Waals surface area contributed by atoms with Gasteiger partial charge in [0.05, 0.1) is 10.0 Å². The third-order valence-corrected chi connectivity index (χ3v) is 5.63. The minimum Gasteiger partial charge on any atom is -0.484 e. The molecule has 162 valence electrons. The standard InChI is InChI=1S/C23H28Cl2N2O3/c1-5-10-26-23(29)17(4)27(13-18-7-9-20(24)21(25)12-18)22(28)14-30-19-8-6-15(2)16(3)11-19/h6-9,11-12,17H,5,10,13-14H2,1-4H3,(H,26,29). The smallest absolute Gasteiger partial charge is 0.261 e. The Morgan fingerprint density at radius 3 is 2.43 bits per heavy atom. The molecular formula is C23H28Cl2N2O3. The molecule has 2 aromatic carbocycles. The highest BCUT2D eigenvalue weighted by Crippen LogP contribution is 2.24. The first-order valence-corrected chi connectivity index (χ1v) is 10.7. The van der Waals surface area contributed by atoms with Crippen LogP contribution < -0.4 is 10.1 Å². The summed E-state index contributed by atoms with van der Waals surface area (Å²) in [5.74, 6) is 0.110. The predicted molar refractivity (Wildman–Crippen MR) is 121 cm³/mol. The number of hydrogen-bond donors (Lipinski definition) is 1. The van der Waals surface area contributed by atoms with E-state index < -0.39 is 6.04 Å². The van der Waals surface area contributed by atoms with E-state index in [0.717, 1.165) is 23.1 Å². The molecule has 0 spiro atoms. The quantitative estimate of drug-likeness (QED) is 0.588. The molecule has 1 unspecified atom stereocenters. The number of carbonyl (C=O) groups excluding carboxylic acids is 2. The number of halogens is 2. The number of aryl methyl sites for hydroxylation is 2.